The number of nitrogens with two attached hydrogens (primary N) is 1. The van der Waals surface area contributed by atoms with Gasteiger partial charge >= 0.3 is 0 Å². The van der Waals surface area contributed by atoms with E-state index in [9.17, 15) is 13.6 Å². The Bertz CT molecular complexity index is 710. The van der Waals surface area contributed by atoms with E-state index in [1.54, 1.807) is 13.8 Å². The molecule has 0 bridgehead atoms. The summed E-state index contributed by atoms with van der Waals surface area (Å²) in [6.07, 6.45) is 0. The summed E-state index contributed by atoms with van der Waals surface area (Å²) in [6.45, 7) is 3.54. The molecular weight excluding hydrogens is 326 g/mol. The summed E-state index contributed by atoms with van der Waals surface area (Å²) in [5.74, 6) is -2.16. The minimum atomic E-state index is -0.780. The second-order valence-corrected chi connectivity index (χ2v) is 6.02. The smallest absolute Gasteiger partial charge is 0.225 e. The average molecular weight is 348 g/mol. The number of halogens is 2. The second kappa shape index (κ2) is 8.58. The van der Waals surface area contributed by atoms with Crippen LogP contribution in [-0.2, 0) is 4.79 Å². The standard InChI is InChI=1S/C19H22F2N2O2/c1-12(11-25-17-9-8-15(20)10-16(17)21)23-19(24)13(2)18(22)14-6-4-3-5-7-14/h3-10,12-13,18H,11,22H2,1-2H3,(H,23,24). The van der Waals surface area contributed by atoms with Crippen LogP contribution in [0.1, 0.15) is 25.5 Å². The number of rotatable bonds is 7. The van der Waals surface area contributed by atoms with Crippen LogP contribution >= 0.6 is 0 Å². The molecule has 6 heteroatoms. The van der Waals surface area contributed by atoms with Crippen molar-refractivity contribution in [3.05, 3.63) is 65.7 Å². The molecule has 2 rings (SSSR count). The molecule has 0 fully saturated rings. The van der Waals surface area contributed by atoms with E-state index in [0.717, 1.165) is 17.7 Å². The van der Waals surface area contributed by atoms with Crippen molar-refractivity contribution in [1.82, 2.24) is 5.32 Å². The van der Waals surface area contributed by atoms with Gasteiger partial charge in [0.2, 0.25) is 5.91 Å². The molecule has 4 nitrogen and oxygen atoms in total. The van der Waals surface area contributed by atoms with Gasteiger partial charge in [0, 0.05) is 12.1 Å². The second-order valence-electron chi connectivity index (χ2n) is 6.02. The quantitative estimate of drug-likeness (QED) is 0.808. The van der Waals surface area contributed by atoms with Crippen LogP contribution in [0.3, 0.4) is 0 Å². The van der Waals surface area contributed by atoms with Crippen LogP contribution in [-0.4, -0.2) is 18.6 Å². The fourth-order valence-electron chi connectivity index (χ4n) is 2.35. The van der Waals surface area contributed by atoms with Crippen molar-refractivity contribution >= 4 is 5.91 Å². The lowest BCUT2D eigenvalue weighted by molar-refractivity contribution is -0.126. The number of amides is 1. The molecule has 0 saturated heterocycles. The van der Waals surface area contributed by atoms with Gasteiger partial charge < -0.3 is 15.8 Å². The molecule has 0 saturated carbocycles. The molecule has 0 radical (unpaired) electrons. The Morgan fingerprint density at radius 2 is 1.84 bits per heavy atom. The normalized spacial score (nSPS) is 14.4. The largest absolute Gasteiger partial charge is 0.488 e. The van der Waals surface area contributed by atoms with E-state index < -0.39 is 23.6 Å². The first-order valence-electron chi connectivity index (χ1n) is 8.07. The van der Waals surface area contributed by atoms with Gasteiger partial charge in [0.1, 0.15) is 12.4 Å². The molecule has 0 heterocycles. The molecule has 1 amide bonds. The van der Waals surface area contributed by atoms with Gasteiger partial charge in [-0.25, -0.2) is 8.78 Å². The van der Waals surface area contributed by atoms with E-state index >= 15 is 0 Å². The Morgan fingerprint density at radius 1 is 1.16 bits per heavy atom. The molecule has 0 aliphatic heterocycles. The molecule has 0 aromatic heterocycles. The molecule has 3 atom stereocenters. The van der Waals surface area contributed by atoms with Crippen LogP contribution in [0.5, 0.6) is 5.75 Å². The molecule has 25 heavy (non-hydrogen) atoms. The average Bonchev–Trinajstić information content (AvgIpc) is 2.60. The summed E-state index contributed by atoms with van der Waals surface area (Å²) in [5, 5.41) is 2.79. The first-order valence-corrected chi connectivity index (χ1v) is 8.07. The molecule has 2 aromatic carbocycles. The Kier molecular flexibility index (Phi) is 6.47. The molecule has 0 aliphatic carbocycles. The minimum Gasteiger partial charge on any atom is -0.488 e. The van der Waals surface area contributed by atoms with Crippen molar-refractivity contribution in [3.8, 4) is 5.75 Å². The van der Waals surface area contributed by atoms with Gasteiger partial charge in [-0.05, 0) is 24.6 Å². The van der Waals surface area contributed by atoms with E-state index in [-0.39, 0.29) is 24.3 Å². The topological polar surface area (TPSA) is 64.3 Å². The Labute approximate surface area is 146 Å². The van der Waals surface area contributed by atoms with E-state index in [1.807, 2.05) is 30.3 Å². The molecular formula is C19H22F2N2O2. The van der Waals surface area contributed by atoms with E-state index in [4.69, 9.17) is 10.5 Å². The van der Waals surface area contributed by atoms with E-state index in [1.165, 1.54) is 6.07 Å². The number of nitrogens with one attached hydrogen (secondary N) is 1. The highest BCUT2D eigenvalue weighted by Gasteiger charge is 2.23. The van der Waals surface area contributed by atoms with E-state index in [0.29, 0.717) is 0 Å². The van der Waals surface area contributed by atoms with Crippen LogP contribution < -0.4 is 15.8 Å². The third-order valence-electron chi connectivity index (χ3n) is 3.91. The molecule has 3 N–H and O–H groups in total. The summed E-state index contributed by atoms with van der Waals surface area (Å²) in [6, 6.07) is 11.7. The Hall–Kier alpha value is -2.47. The minimum absolute atomic E-state index is 0.0571. The zero-order chi connectivity index (χ0) is 18.4. The highest BCUT2D eigenvalue weighted by Crippen LogP contribution is 2.20. The highest BCUT2D eigenvalue weighted by molar-refractivity contribution is 5.79. The lowest BCUT2D eigenvalue weighted by Gasteiger charge is -2.22. The summed E-state index contributed by atoms with van der Waals surface area (Å²) in [4.78, 5) is 12.3. The number of carbonyl (C=O) groups is 1. The predicted molar refractivity (Wildman–Crippen MR) is 92.0 cm³/mol. The molecule has 2 aromatic rings. The van der Waals surface area contributed by atoms with Gasteiger partial charge in [-0.3, -0.25) is 4.79 Å². The maximum Gasteiger partial charge on any atom is 0.225 e. The number of ether oxygens (including phenoxy) is 1. The SMILES string of the molecule is CC(COc1ccc(F)cc1F)NC(=O)C(C)C(N)c1ccccc1. The maximum atomic E-state index is 13.5. The number of benzene rings is 2. The van der Waals surface area contributed by atoms with Gasteiger partial charge in [-0.15, -0.1) is 0 Å². The third-order valence-corrected chi connectivity index (χ3v) is 3.91. The predicted octanol–water partition coefficient (Wildman–Crippen LogP) is 3.18. The summed E-state index contributed by atoms with van der Waals surface area (Å²) in [5.41, 5.74) is 7.01. The van der Waals surface area contributed by atoms with E-state index in [2.05, 4.69) is 5.32 Å². The molecule has 0 aliphatic rings. The zero-order valence-electron chi connectivity index (χ0n) is 14.2. The Morgan fingerprint density at radius 3 is 2.48 bits per heavy atom. The van der Waals surface area contributed by atoms with Gasteiger partial charge in [0.15, 0.2) is 11.6 Å². The van der Waals surface area contributed by atoms with Crippen LogP contribution in [0, 0.1) is 17.6 Å². The summed E-state index contributed by atoms with van der Waals surface area (Å²) >= 11 is 0. The van der Waals surface area contributed by atoms with Crippen LogP contribution in [0.25, 0.3) is 0 Å². The van der Waals surface area contributed by atoms with Crippen molar-refractivity contribution in [2.45, 2.75) is 25.9 Å². The summed E-state index contributed by atoms with van der Waals surface area (Å²) in [7, 11) is 0. The van der Waals surface area contributed by atoms with Gasteiger partial charge in [0.25, 0.3) is 0 Å². The fraction of sp³-hybridized carbons (Fsp3) is 0.316. The summed E-state index contributed by atoms with van der Waals surface area (Å²) < 4.78 is 31.7. The van der Waals surface area contributed by atoms with Crippen molar-refractivity contribution < 1.29 is 18.3 Å². The van der Waals surface area contributed by atoms with Crippen LogP contribution in [0.4, 0.5) is 8.78 Å². The number of hydrogen-bond acceptors (Lipinski definition) is 3. The first-order chi connectivity index (χ1) is 11.9. The maximum absolute atomic E-state index is 13.5. The van der Waals surface area contributed by atoms with Gasteiger partial charge in [-0.2, -0.15) is 0 Å². The Balaban J connectivity index is 1.86. The van der Waals surface area contributed by atoms with Crippen molar-refractivity contribution in [1.29, 1.82) is 0 Å². The van der Waals surface area contributed by atoms with Gasteiger partial charge in [-0.1, -0.05) is 37.3 Å². The van der Waals surface area contributed by atoms with Crippen molar-refractivity contribution in [2.24, 2.45) is 11.7 Å². The van der Waals surface area contributed by atoms with Crippen LogP contribution in [0.2, 0.25) is 0 Å². The molecule has 0 spiro atoms. The van der Waals surface area contributed by atoms with Crippen molar-refractivity contribution in [3.63, 3.8) is 0 Å². The lowest BCUT2D eigenvalue weighted by Crippen LogP contribution is -2.42. The molecule has 3 unspecified atom stereocenters. The first kappa shape index (κ1) is 18.9. The van der Waals surface area contributed by atoms with Crippen molar-refractivity contribution in [2.75, 3.05) is 6.61 Å². The number of carbonyl (C=O) groups excluding carboxylic acids is 1. The van der Waals surface area contributed by atoms with Gasteiger partial charge in [0.05, 0.1) is 12.0 Å². The molecule has 134 valence electrons. The fourth-order valence-corrected chi connectivity index (χ4v) is 2.35. The monoisotopic (exact) mass is 348 g/mol. The lowest BCUT2D eigenvalue weighted by atomic mass is 9.94. The van der Waals surface area contributed by atoms with Crippen LogP contribution in [0.15, 0.2) is 48.5 Å². The zero-order valence-corrected chi connectivity index (χ0v) is 14.2. The number of hydrogen-bond donors (Lipinski definition) is 2. The third kappa shape index (κ3) is 5.26. The highest BCUT2D eigenvalue weighted by atomic mass is 19.1.